The molecule has 4 aromatic carbocycles. The first-order chi connectivity index (χ1) is 41.2. The van der Waals surface area contributed by atoms with E-state index in [-0.39, 0.29) is 29.7 Å². The molecule has 0 spiro atoms. The van der Waals surface area contributed by atoms with Crippen LogP contribution in [0.4, 0.5) is 0 Å². The van der Waals surface area contributed by atoms with Gasteiger partial charge in [-0.3, -0.25) is 4.98 Å². The molecular weight excluding hydrogens is 1190 g/mol. The van der Waals surface area contributed by atoms with Gasteiger partial charge in [-0.15, -0.1) is 22.7 Å². The number of rotatable bonds is 6. The van der Waals surface area contributed by atoms with Crippen molar-refractivity contribution in [3.63, 3.8) is 0 Å². The average molecular weight is 1330 g/mol. The molecule has 7 aromatic heterocycles. The summed E-state index contributed by atoms with van der Waals surface area (Å²) in [5, 5.41) is 10.1. The first kappa shape index (κ1) is 96.8. The standard InChI is InChI=1S/C12H13N.C10H12N2.C10H11NO.C10H11NS.C10H11NSe.C6H9NS.8C2H6.4CH4/c1-9(2)11-8-7-10-5-3-4-6-12(10)13-11;1-8(2)10-7-9-5-3-4-6-12(9)11-10;3*1-7(2)10-11-8-5-3-4-6-9(8)12-10;1-5(2)6-7-3-4-8-6;8*1-2;;;;/h3-9H,1-2H3;3-8H,1-2H3;3*3-7H,1-2H3;3-5H,1-2H3;8*1-2H3;4*1H4. The van der Waals surface area contributed by atoms with E-state index in [1.54, 1.807) is 22.7 Å². The van der Waals surface area contributed by atoms with E-state index in [0.29, 0.717) is 50.0 Å². The number of nitrogens with zero attached hydrogens (tertiary/aromatic N) is 7. The van der Waals surface area contributed by atoms with Crippen LogP contribution in [0.2, 0.25) is 0 Å². The van der Waals surface area contributed by atoms with Gasteiger partial charge in [-0.1, -0.05) is 264 Å². The van der Waals surface area contributed by atoms with Crippen LogP contribution < -0.4 is 0 Å². The molecule has 11 rings (SSSR count). The number of aromatic nitrogens is 7. The van der Waals surface area contributed by atoms with Crippen LogP contribution in [0.1, 0.15) is 291 Å². The van der Waals surface area contributed by atoms with E-state index >= 15 is 0 Å². The zero-order valence-corrected chi connectivity index (χ0v) is 61.5. The number of thiazole rings is 2. The Morgan fingerprint density at radius 2 is 0.910 bits per heavy atom. The smallest absolute Gasteiger partial charge is 0.198 e. The van der Waals surface area contributed by atoms with Gasteiger partial charge in [-0.25, -0.2) is 19.5 Å². The fraction of sp³-hybridized carbons (Fsp3) is 0.487. The molecule has 0 unspecified atom stereocenters. The summed E-state index contributed by atoms with van der Waals surface area (Å²) in [4.78, 5) is 22.2. The van der Waals surface area contributed by atoms with Crippen molar-refractivity contribution in [3.8, 4) is 0 Å². The first-order valence-corrected chi connectivity index (χ1v) is 35.3. The zero-order valence-electron chi connectivity index (χ0n) is 58.2. The van der Waals surface area contributed by atoms with Gasteiger partial charge in [0, 0.05) is 46.6 Å². The minimum atomic E-state index is 0. The van der Waals surface area contributed by atoms with Gasteiger partial charge in [0.1, 0.15) is 5.52 Å². The van der Waals surface area contributed by atoms with Crippen LogP contribution in [-0.2, 0) is 0 Å². The molecule has 11 aromatic rings. The van der Waals surface area contributed by atoms with Crippen molar-refractivity contribution >= 4 is 84.7 Å². The predicted octanol–water partition coefficient (Wildman–Crippen LogP) is 27.6. The Morgan fingerprint density at radius 1 is 0.416 bits per heavy atom. The summed E-state index contributed by atoms with van der Waals surface area (Å²) >= 11 is 4.00. The van der Waals surface area contributed by atoms with Crippen molar-refractivity contribution in [1.29, 1.82) is 0 Å². The van der Waals surface area contributed by atoms with Crippen molar-refractivity contribution in [1.82, 2.24) is 34.5 Å². The molecule has 0 radical (unpaired) electrons. The van der Waals surface area contributed by atoms with Gasteiger partial charge in [0.2, 0.25) is 0 Å². The van der Waals surface area contributed by atoms with Gasteiger partial charge in [-0.05, 0) is 66.4 Å². The fourth-order valence-corrected chi connectivity index (χ4v) is 10.2. The predicted molar refractivity (Wildman–Crippen MR) is 414 cm³/mol. The Morgan fingerprint density at radius 3 is 1.37 bits per heavy atom. The van der Waals surface area contributed by atoms with E-state index in [2.05, 4.69) is 192 Å². The van der Waals surface area contributed by atoms with Crippen LogP contribution in [0.5, 0.6) is 0 Å². The maximum atomic E-state index is 5.52. The Hall–Kier alpha value is -5.84. The molecule has 89 heavy (non-hydrogen) atoms. The van der Waals surface area contributed by atoms with E-state index in [1.807, 2.05) is 188 Å². The first-order valence-electron chi connectivity index (χ1n) is 31.9. The molecule has 0 fully saturated rings. The maximum absolute atomic E-state index is 5.52. The van der Waals surface area contributed by atoms with Gasteiger partial charge < -0.3 is 4.42 Å². The Balaban J connectivity index is -0.000000172. The van der Waals surface area contributed by atoms with Gasteiger partial charge in [-0.2, -0.15) is 5.10 Å². The second-order valence-corrected chi connectivity index (χ2v) is 22.6. The van der Waals surface area contributed by atoms with Crippen molar-refractivity contribution in [2.75, 3.05) is 0 Å². The third-order valence-electron chi connectivity index (χ3n) is 10.6. The summed E-state index contributed by atoms with van der Waals surface area (Å²) in [7, 11) is 0. The van der Waals surface area contributed by atoms with Crippen LogP contribution in [0.15, 0.2) is 156 Å². The molecule has 11 heteroatoms. The molecule has 0 aliphatic rings. The number of oxazole rings is 1. The van der Waals surface area contributed by atoms with E-state index in [9.17, 15) is 0 Å². The Bertz CT molecular complexity index is 2790. The third kappa shape index (κ3) is 36.0. The van der Waals surface area contributed by atoms with E-state index in [0.717, 1.165) is 33.7 Å². The van der Waals surface area contributed by atoms with Crippen LogP contribution in [-0.4, -0.2) is 49.0 Å². The molecule has 8 nitrogen and oxygen atoms in total. The van der Waals surface area contributed by atoms with Crippen LogP contribution in [0, 0.1) is 0 Å². The minimum absolute atomic E-state index is 0. The monoisotopic (exact) mass is 1330 g/mol. The van der Waals surface area contributed by atoms with Gasteiger partial charge >= 0.3 is 77.9 Å². The number of benzene rings is 4. The van der Waals surface area contributed by atoms with Gasteiger partial charge in [0.05, 0.1) is 37.0 Å². The van der Waals surface area contributed by atoms with Crippen molar-refractivity contribution in [3.05, 3.63) is 183 Å². The Kier molecular flexibility index (Phi) is 65.0. The summed E-state index contributed by atoms with van der Waals surface area (Å²) in [6.45, 7) is 57.9. The number of fused-ring (bicyclic) bond motifs is 5. The summed E-state index contributed by atoms with van der Waals surface area (Å²) in [5.74, 6) is 3.93. The molecule has 0 aliphatic heterocycles. The molecule has 0 saturated carbocycles. The molecule has 502 valence electrons. The van der Waals surface area contributed by atoms with Gasteiger partial charge in [0.25, 0.3) is 0 Å². The summed E-state index contributed by atoms with van der Waals surface area (Å²) in [6.07, 6.45) is 3.82. The number of hydrogen-bond acceptors (Lipinski definition) is 9. The van der Waals surface area contributed by atoms with Crippen molar-refractivity contribution in [2.45, 2.75) is 259 Å². The van der Waals surface area contributed by atoms with Crippen molar-refractivity contribution < 1.29 is 4.42 Å². The normalized spacial score (nSPS) is 9.15. The van der Waals surface area contributed by atoms with E-state index in [1.165, 1.54) is 45.7 Å². The molecule has 7 heterocycles. The van der Waals surface area contributed by atoms with Crippen LogP contribution in [0.25, 0.3) is 47.5 Å². The molecule has 0 bridgehead atoms. The number of pyridine rings is 2. The average Bonchev–Trinajstić information content (AvgIpc) is 2.74. The summed E-state index contributed by atoms with van der Waals surface area (Å²) in [6, 6.07) is 45.2. The van der Waals surface area contributed by atoms with E-state index < -0.39 is 0 Å². The van der Waals surface area contributed by atoms with E-state index in [4.69, 9.17) is 4.42 Å². The topological polar surface area (TPSA) is 94.9 Å². The zero-order chi connectivity index (χ0) is 65.5. The second kappa shape index (κ2) is 59.8. The summed E-state index contributed by atoms with van der Waals surface area (Å²) in [5.41, 5.74) is 8.73. The Labute approximate surface area is 562 Å². The maximum Gasteiger partial charge on any atom is 0.198 e. The third-order valence-corrected chi connectivity index (χ3v) is 15.8. The largest absolute Gasteiger partial charge is 0.440 e. The van der Waals surface area contributed by atoms with Crippen molar-refractivity contribution in [2.24, 2.45) is 0 Å². The molecule has 0 amide bonds. The molecule has 0 saturated heterocycles. The number of hydrogen-bond donors (Lipinski definition) is 0. The second-order valence-electron chi connectivity index (χ2n) is 18.4. The molecule has 0 N–H and O–H groups in total. The molecule has 0 atom stereocenters. The van der Waals surface area contributed by atoms with Crippen LogP contribution in [0.3, 0.4) is 0 Å². The SMILES string of the molecule is C.C.C.C.CC.CC.CC.CC.CC.CC.CC.CC.CC(C)c1cc2ccccn2n1.CC(C)c1ccc2ccccc2n1.CC(C)c1nc2ccccc2[se]1.CC(C)c1nc2ccccc2o1.CC(C)c1nc2ccccc2s1.CC(C)c1nccs1. The van der Waals surface area contributed by atoms with Gasteiger partial charge in [0.15, 0.2) is 11.5 Å². The molecular formula is C78H131N7OS2Se. The minimum Gasteiger partial charge on any atom is -0.440 e. The van der Waals surface area contributed by atoms with Crippen LogP contribution >= 0.6 is 22.7 Å². The fourth-order valence-electron chi connectivity index (χ4n) is 6.57. The number of para-hydroxylation sites is 5. The quantitative estimate of drug-likeness (QED) is 0.153. The molecule has 0 aliphatic carbocycles. The summed E-state index contributed by atoms with van der Waals surface area (Å²) < 4.78 is 11.5.